The Hall–Kier alpha value is -0.230. The van der Waals surface area contributed by atoms with Crippen molar-refractivity contribution in [2.45, 2.75) is 24.3 Å². The van der Waals surface area contributed by atoms with Crippen molar-refractivity contribution in [3.63, 3.8) is 0 Å². The second-order valence-electron chi connectivity index (χ2n) is 4.23. The van der Waals surface area contributed by atoms with E-state index in [-0.39, 0.29) is 13.0 Å². The maximum atomic E-state index is 11.4. The van der Waals surface area contributed by atoms with Crippen molar-refractivity contribution in [1.82, 2.24) is 4.90 Å². The molecule has 1 saturated heterocycles. The molecular formula is C7H14N2O6P2. The van der Waals surface area contributed by atoms with Gasteiger partial charge < -0.3 is 24.5 Å². The largest absolute Gasteiger partial charge is 0.365 e. The smallest absolute Gasteiger partial charge is 0.360 e. The molecule has 1 fully saturated rings. The lowest BCUT2D eigenvalue weighted by Crippen LogP contribution is -2.41. The molecule has 2 aliphatic rings. The Morgan fingerprint density at radius 2 is 1.71 bits per heavy atom. The molecule has 10 heteroatoms. The lowest BCUT2D eigenvalue weighted by molar-refractivity contribution is 0.283. The van der Waals surface area contributed by atoms with Gasteiger partial charge in [-0.25, -0.2) is 4.99 Å². The first kappa shape index (κ1) is 13.2. The molecule has 2 aliphatic heterocycles. The molecule has 0 spiro atoms. The molecular weight excluding hydrogens is 270 g/mol. The first-order valence-electron chi connectivity index (χ1n) is 5.12. The van der Waals surface area contributed by atoms with Crippen LogP contribution in [0.4, 0.5) is 0 Å². The second-order valence-corrected chi connectivity index (χ2v) is 8.24. The van der Waals surface area contributed by atoms with E-state index in [1.165, 1.54) is 0 Å². The average Bonchev–Trinajstić information content (AvgIpc) is 2.59. The lowest BCUT2D eigenvalue weighted by atomic mass is 10.3. The Labute approximate surface area is 97.7 Å². The van der Waals surface area contributed by atoms with Crippen molar-refractivity contribution < 1.29 is 28.7 Å². The fraction of sp³-hybridized carbons (Fsp3) is 0.857. The van der Waals surface area contributed by atoms with Crippen molar-refractivity contribution in [1.29, 1.82) is 0 Å². The third-order valence-corrected chi connectivity index (χ3v) is 7.23. The van der Waals surface area contributed by atoms with Crippen LogP contribution in [0.1, 0.15) is 19.3 Å². The molecule has 0 amide bonds. The Kier molecular flexibility index (Phi) is 3.02. The molecule has 0 radical (unpaired) electrons. The van der Waals surface area contributed by atoms with Crippen LogP contribution < -0.4 is 0 Å². The van der Waals surface area contributed by atoms with E-state index in [1.54, 1.807) is 0 Å². The number of hydrogen-bond donors (Lipinski definition) is 4. The molecule has 0 aliphatic carbocycles. The highest BCUT2D eigenvalue weighted by Gasteiger charge is 2.62. The molecule has 17 heavy (non-hydrogen) atoms. The number of fused-ring (bicyclic) bond motifs is 1. The van der Waals surface area contributed by atoms with Crippen LogP contribution in [-0.2, 0) is 9.13 Å². The summed E-state index contributed by atoms with van der Waals surface area (Å²) in [5.41, 5.74) is 0. The van der Waals surface area contributed by atoms with Crippen molar-refractivity contribution in [3.05, 3.63) is 0 Å². The minimum absolute atomic E-state index is 0.217. The Morgan fingerprint density at radius 3 is 2.24 bits per heavy atom. The zero-order valence-corrected chi connectivity index (χ0v) is 10.7. The van der Waals surface area contributed by atoms with Gasteiger partial charge in [0, 0.05) is 25.9 Å². The van der Waals surface area contributed by atoms with E-state index in [0.717, 1.165) is 13.0 Å². The molecule has 0 aromatic heterocycles. The Bertz CT molecular complexity index is 429. The van der Waals surface area contributed by atoms with Gasteiger partial charge >= 0.3 is 15.2 Å². The topological polar surface area (TPSA) is 131 Å². The summed E-state index contributed by atoms with van der Waals surface area (Å²) in [5, 5.41) is -2.57. The van der Waals surface area contributed by atoms with Crippen molar-refractivity contribution in [2.75, 3.05) is 13.1 Å². The van der Waals surface area contributed by atoms with Crippen LogP contribution in [-0.4, -0.2) is 48.4 Å². The van der Waals surface area contributed by atoms with E-state index in [4.69, 9.17) is 0 Å². The number of amidine groups is 1. The van der Waals surface area contributed by atoms with Crippen LogP contribution in [0.3, 0.4) is 0 Å². The highest BCUT2D eigenvalue weighted by Crippen LogP contribution is 2.72. The minimum atomic E-state index is -5.02. The summed E-state index contributed by atoms with van der Waals surface area (Å²) in [6, 6.07) is 0. The molecule has 8 nitrogen and oxygen atoms in total. The molecule has 0 bridgehead atoms. The normalized spacial score (nSPS) is 24.5. The third-order valence-electron chi connectivity index (χ3n) is 3.15. The van der Waals surface area contributed by atoms with Gasteiger partial charge in [-0.1, -0.05) is 0 Å². The summed E-state index contributed by atoms with van der Waals surface area (Å²) < 4.78 is 22.8. The maximum absolute atomic E-state index is 11.4. The summed E-state index contributed by atoms with van der Waals surface area (Å²) >= 11 is 0. The maximum Gasteiger partial charge on any atom is 0.365 e. The minimum Gasteiger partial charge on any atom is -0.360 e. The standard InChI is InChI=1S/C7H14N2O6P2/c10-16(11,12)7(17(13,14)15)3-5-9-4-1-2-6(9)8-7/h1-5H2,(H2,10,11,12)(H2,13,14,15). The predicted molar refractivity (Wildman–Crippen MR) is 59.7 cm³/mol. The van der Waals surface area contributed by atoms with Crippen LogP contribution in [0.5, 0.6) is 0 Å². The van der Waals surface area contributed by atoms with Gasteiger partial charge in [0.2, 0.25) is 0 Å². The lowest BCUT2D eigenvalue weighted by Gasteiger charge is -2.37. The van der Waals surface area contributed by atoms with Gasteiger partial charge in [0.05, 0.1) is 0 Å². The molecule has 0 aromatic rings. The Balaban J connectivity index is 2.55. The van der Waals surface area contributed by atoms with Crippen molar-refractivity contribution in [3.8, 4) is 0 Å². The van der Waals surface area contributed by atoms with Crippen molar-refractivity contribution >= 4 is 21.0 Å². The van der Waals surface area contributed by atoms with Gasteiger partial charge in [-0.05, 0) is 6.42 Å². The van der Waals surface area contributed by atoms with Crippen LogP contribution in [0, 0.1) is 0 Å². The van der Waals surface area contributed by atoms with Crippen LogP contribution in [0.25, 0.3) is 0 Å². The highest BCUT2D eigenvalue weighted by atomic mass is 31.2. The number of aliphatic imine (C=N–C) groups is 1. The van der Waals surface area contributed by atoms with Gasteiger partial charge in [0.1, 0.15) is 5.84 Å². The van der Waals surface area contributed by atoms with E-state index in [2.05, 4.69) is 4.99 Å². The molecule has 0 atom stereocenters. The van der Waals surface area contributed by atoms with Gasteiger partial charge in [0.25, 0.3) is 5.02 Å². The summed E-state index contributed by atoms with van der Waals surface area (Å²) in [6.07, 6.45) is 0.962. The van der Waals surface area contributed by atoms with Crippen molar-refractivity contribution in [2.24, 2.45) is 4.99 Å². The Morgan fingerprint density at radius 1 is 1.12 bits per heavy atom. The van der Waals surface area contributed by atoms with Gasteiger partial charge in [-0.2, -0.15) is 0 Å². The van der Waals surface area contributed by atoms with Gasteiger partial charge in [-0.3, -0.25) is 9.13 Å². The SMILES string of the molecule is O=P(O)(O)C1(P(=O)(O)O)CCN2CCCC2=N1. The first-order chi connectivity index (χ1) is 7.67. The van der Waals surface area contributed by atoms with Gasteiger partial charge in [0.15, 0.2) is 0 Å². The fourth-order valence-corrected chi connectivity index (χ4v) is 4.85. The molecule has 0 aromatic carbocycles. The highest BCUT2D eigenvalue weighted by molar-refractivity contribution is 7.72. The van der Waals surface area contributed by atoms with Crippen LogP contribution in [0.15, 0.2) is 4.99 Å². The van der Waals surface area contributed by atoms with Crippen LogP contribution >= 0.6 is 15.2 Å². The number of hydrogen-bond acceptors (Lipinski definition) is 4. The van der Waals surface area contributed by atoms with E-state index in [1.807, 2.05) is 4.90 Å². The molecule has 0 unspecified atom stereocenters. The first-order valence-corrected chi connectivity index (χ1v) is 8.35. The summed E-state index contributed by atoms with van der Waals surface area (Å²) in [5.74, 6) is 0.392. The third kappa shape index (κ3) is 1.99. The molecule has 2 rings (SSSR count). The molecule has 2 heterocycles. The second kappa shape index (κ2) is 3.88. The van der Waals surface area contributed by atoms with E-state index < -0.39 is 20.2 Å². The monoisotopic (exact) mass is 284 g/mol. The zero-order valence-electron chi connectivity index (χ0n) is 8.93. The van der Waals surface area contributed by atoms with Crippen LogP contribution in [0.2, 0.25) is 0 Å². The molecule has 98 valence electrons. The quantitative estimate of drug-likeness (QED) is 0.520. The summed E-state index contributed by atoms with van der Waals surface area (Å²) in [7, 11) is -10.0. The molecule has 0 saturated carbocycles. The summed E-state index contributed by atoms with van der Waals surface area (Å²) in [4.78, 5) is 42.5. The van der Waals surface area contributed by atoms with E-state index in [9.17, 15) is 28.7 Å². The number of nitrogens with zero attached hydrogens (tertiary/aromatic N) is 2. The fourth-order valence-electron chi connectivity index (χ4n) is 2.22. The van der Waals surface area contributed by atoms with Gasteiger partial charge in [-0.15, -0.1) is 0 Å². The van der Waals surface area contributed by atoms with E-state index >= 15 is 0 Å². The van der Waals surface area contributed by atoms with E-state index in [0.29, 0.717) is 12.3 Å². The average molecular weight is 284 g/mol. The zero-order chi connectivity index (χ0) is 12.9. The molecule has 4 N–H and O–H groups in total. The number of rotatable bonds is 2. The predicted octanol–water partition coefficient (Wildman–Crippen LogP) is -0.106. The summed E-state index contributed by atoms with van der Waals surface area (Å²) in [6.45, 7) is 0.937.